The molecule has 0 spiro atoms. The van der Waals surface area contributed by atoms with Crippen LogP contribution < -0.4 is 11.1 Å². The number of nitrogens with two attached hydrogens (primary N) is 1. The van der Waals surface area contributed by atoms with Gasteiger partial charge in [-0.05, 0) is 30.5 Å². The number of nitrogens with one attached hydrogen (secondary N) is 1. The van der Waals surface area contributed by atoms with E-state index in [1.165, 1.54) is 0 Å². The van der Waals surface area contributed by atoms with E-state index in [4.69, 9.17) is 17.3 Å². The number of amides is 1. The summed E-state index contributed by atoms with van der Waals surface area (Å²) in [6.07, 6.45) is 0. The largest absolute Gasteiger partial charge is 0.348 e. The Labute approximate surface area is 107 Å². The molecule has 0 aliphatic carbocycles. The highest BCUT2D eigenvalue weighted by Gasteiger charge is 2.19. The van der Waals surface area contributed by atoms with E-state index >= 15 is 0 Å². The summed E-state index contributed by atoms with van der Waals surface area (Å²) in [7, 11) is 0. The van der Waals surface area contributed by atoms with Gasteiger partial charge in [-0.1, -0.05) is 37.6 Å². The van der Waals surface area contributed by atoms with Crippen LogP contribution in [-0.4, -0.2) is 11.9 Å². The molecule has 1 amide bonds. The Bertz CT molecular complexity index is 393. The van der Waals surface area contributed by atoms with Crippen molar-refractivity contribution in [3.05, 3.63) is 34.9 Å². The lowest BCUT2D eigenvalue weighted by atomic mass is 10.0. The molecule has 0 bridgehead atoms. The van der Waals surface area contributed by atoms with Gasteiger partial charge in [0.25, 0.3) is 0 Å². The molecule has 4 heteroatoms. The zero-order valence-corrected chi connectivity index (χ0v) is 11.2. The first kappa shape index (κ1) is 14.0. The Balaban J connectivity index is 2.66. The van der Waals surface area contributed by atoms with Crippen molar-refractivity contribution in [1.82, 2.24) is 5.32 Å². The van der Waals surface area contributed by atoms with Crippen molar-refractivity contribution in [3.63, 3.8) is 0 Å². The van der Waals surface area contributed by atoms with Gasteiger partial charge in [-0.3, -0.25) is 4.79 Å². The summed E-state index contributed by atoms with van der Waals surface area (Å²) in [5.41, 5.74) is 6.75. The quantitative estimate of drug-likeness (QED) is 0.868. The molecule has 0 fully saturated rings. The van der Waals surface area contributed by atoms with Gasteiger partial charge in [0.15, 0.2) is 0 Å². The summed E-state index contributed by atoms with van der Waals surface area (Å²) in [4.78, 5) is 11.8. The molecule has 0 aliphatic rings. The Morgan fingerprint density at radius 3 is 2.53 bits per heavy atom. The van der Waals surface area contributed by atoms with E-state index < -0.39 is 6.04 Å². The lowest BCUT2D eigenvalue weighted by Gasteiger charge is -2.20. The topological polar surface area (TPSA) is 55.1 Å². The Morgan fingerprint density at radius 2 is 2.00 bits per heavy atom. The smallest absolute Gasteiger partial charge is 0.237 e. The number of halogens is 1. The number of benzene rings is 1. The van der Waals surface area contributed by atoms with Crippen LogP contribution in [-0.2, 0) is 4.79 Å². The maximum Gasteiger partial charge on any atom is 0.237 e. The number of carbonyl (C=O) groups is 1. The highest BCUT2D eigenvalue weighted by molar-refractivity contribution is 6.30. The second kappa shape index (κ2) is 6.03. The van der Waals surface area contributed by atoms with Crippen molar-refractivity contribution >= 4 is 17.5 Å². The van der Waals surface area contributed by atoms with E-state index in [0.717, 1.165) is 5.56 Å². The van der Waals surface area contributed by atoms with Crippen molar-refractivity contribution < 1.29 is 4.79 Å². The monoisotopic (exact) mass is 254 g/mol. The third kappa shape index (κ3) is 4.02. The van der Waals surface area contributed by atoms with Gasteiger partial charge in [-0.25, -0.2) is 0 Å². The molecule has 0 heterocycles. The fraction of sp³-hybridized carbons (Fsp3) is 0.462. The molecule has 0 radical (unpaired) electrons. The van der Waals surface area contributed by atoms with Crippen LogP contribution in [0.5, 0.6) is 0 Å². The maximum atomic E-state index is 11.8. The standard InChI is InChI=1S/C13H19ClN2O/c1-8(2)12(15)13(17)16-9(3)10-5-4-6-11(14)7-10/h4-9,12H,15H2,1-3H3,(H,16,17). The fourth-order valence-electron chi connectivity index (χ4n) is 1.47. The SMILES string of the molecule is CC(NC(=O)C(N)C(C)C)c1cccc(Cl)c1. The number of hydrogen-bond donors (Lipinski definition) is 2. The van der Waals surface area contributed by atoms with Crippen LogP contribution in [0.4, 0.5) is 0 Å². The van der Waals surface area contributed by atoms with Crippen molar-refractivity contribution in [1.29, 1.82) is 0 Å². The molecule has 3 N–H and O–H groups in total. The highest BCUT2D eigenvalue weighted by Crippen LogP contribution is 2.17. The second-order valence-electron chi connectivity index (χ2n) is 4.56. The summed E-state index contributed by atoms with van der Waals surface area (Å²) in [5, 5.41) is 3.55. The first-order chi connectivity index (χ1) is 7.91. The van der Waals surface area contributed by atoms with Gasteiger partial charge in [0, 0.05) is 5.02 Å². The summed E-state index contributed by atoms with van der Waals surface area (Å²) in [6.45, 7) is 5.76. The summed E-state index contributed by atoms with van der Waals surface area (Å²) >= 11 is 5.90. The number of hydrogen-bond acceptors (Lipinski definition) is 2. The van der Waals surface area contributed by atoms with E-state index in [1.54, 1.807) is 6.07 Å². The van der Waals surface area contributed by atoms with Crippen LogP contribution in [0.15, 0.2) is 24.3 Å². The fourth-order valence-corrected chi connectivity index (χ4v) is 1.67. The molecule has 1 aromatic carbocycles. The van der Waals surface area contributed by atoms with Gasteiger partial charge in [0.05, 0.1) is 12.1 Å². The van der Waals surface area contributed by atoms with Crippen LogP contribution in [0.25, 0.3) is 0 Å². The zero-order chi connectivity index (χ0) is 13.0. The molecule has 94 valence electrons. The Morgan fingerprint density at radius 1 is 1.35 bits per heavy atom. The number of rotatable bonds is 4. The predicted octanol–water partition coefficient (Wildman–Crippen LogP) is 2.50. The van der Waals surface area contributed by atoms with Crippen LogP contribution in [0.2, 0.25) is 5.02 Å². The third-order valence-corrected chi connectivity index (χ3v) is 2.96. The second-order valence-corrected chi connectivity index (χ2v) is 4.99. The van der Waals surface area contributed by atoms with Crippen LogP contribution in [0.1, 0.15) is 32.4 Å². The molecule has 2 unspecified atom stereocenters. The summed E-state index contributed by atoms with van der Waals surface area (Å²) in [6, 6.07) is 6.87. The minimum Gasteiger partial charge on any atom is -0.348 e. The van der Waals surface area contributed by atoms with E-state index in [2.05, 4.69) is 5.32 Å². The predicted molar refractivity (Wildman–Crippen MR) is 70.8 cm³/mol. The molecule has 3 nitrogen and oxygen atoms in total. The first-order valence-corrected chi connectivity index (χ1v) is 6.11. The molecular weight excluding hydrogens is 236 g/mol. The molecule has 17 heavy (non-hydrogen) atoms. The molecule has 2 atom stereocenters. The van der Waals surface area contributed by atoms with Crippen molar-refractivity contribution in [2.45, 2.75) is 32.9 Å². The molecule has 0 aliphatic heterocycles. The summed E-state index contributed by atoms with van der Waals surface area (Å²) < 4.78 is 0. The molecule has 1 rings (SSSR count). The van der Waals surface area contributed by atoms with Gasteiger partial charge in [-0.15, -0.1) is 0 Å². The Kier molecular flexibility index (Phi) is 4.97. The van der Waals surface area contributed by atoms with Gasteiger partial charge >= 0.3 is 0 Å². The Hall–Kier alpha value is -1.06. The molecule has 1 aromatic rings. The van der Waals surface area contributed by atoms with E-state index in [-0.39, 0.29) is 17.9 Å². The van der Waals surface area contributed by atoms with E-state index in [1.807, 2.05) is 39.0 Å². The molecule has 0 saturated carbocycles. The average molecular weight is 255 g/mol. The first-order valence-electron chi connectivity index (χ1n) is 5.73. The molecule has 0 saturated heterocycles. The average Bonchev–Trinajstić information content (AvgIpc) is 2.27. The van der Waals surface area contributed by atoms with Crippen molar-refractivity contribution in [2.75, 3.05) is 0 Å². The maximum absolute atomic E-state index is 11.8. The third-order valence-electron chi connectivity index (χ3n) is 2.73. The van der Waals surface area contributed by atoms with Crippen molar-refractivity contribution in [3.8, 4) is 0 Å². The molecular formula is C13H19ClN2O. The minimum absolute atomic E-state index is 0.0917. The van der Waals surface area contributed by atoms with Gasteiger partial charge in [-0.2, -0.15) is 0 Å². The van der Waals surface area contributed by atoms with Crippen LogP contribution in [0, 0.1) is 5.92 Å². The van der Waals surface area contributed by atoms with Crippen LogP contribution >= 0.6 is 11.6 Å². The highest BCUT2D eigenvalue weighted by atomic mass is 35.5. The molecule has 0 aromatic heterocycles. The summed E-state index contributed by atoms with van der Waals surface area (Å²) in [5.74, 6) is -0.00552. The van der Waals surface area contributed by atoms with Crippen molar-refractivity contribution in [2.24, 2.45) is 11.7 Å². The van der Waals surface area contributed by atoms with Crippen LogP contribution in [0.3, 0.4) is 0 Å². The number of carbonyl (C=O) groups excluding carboxylic acids is 1. The van der Waals surface area contributed by atoms with Gasteiger partial charge in [0.2, 0.25) is 5.91 Å². The van der Waals surface area contributed by atoms with Gasteiger partial charge in [0.1, 0.15) is 0 Å². The normalized spacial score (nSPS) is 14.5. The van der Waals surface area contributed by atoms with Gasteiger partial charge < -0.3 is 11.1 Å². The lowest BCUT2D eigenvalue weighted by molar-refractivity contribution is -0.123. The zero-order valence-electron chi connectivity index (χ0n) is 10.4. The lowest BCUT2D eigenvalue weighted by Crippen LogP contribution is -2.44. The minimum atomic E-state index is -0.475. The van der Waals surface area contributed by atoms with E-state index in [9.17, 15) is 4.79 Å². The van der Waals surface area contributed by atoms with E-state index in [0.29, 0.717) is 5.02 Å².